The van der Waals surface area contributed by atoms with Crippen molar-refractivity contribution in [3.05, 3.63) is 35.4 Å². The number of hydrogen-bond donors (Lipinski definition) is 2. The van der Waals surface area contributed by atoms with E-state index in [0.29, 0.717) is 12.1 Å². The molecule has 2 saturated heterocycles. The summed E-state index contributed by atoms with van der Waals surface area (Å²) in [7, 11) is 1.88. The Balaban J connectivity index is 1.62. The van der Waals surface area contributed by atoms with Crippen molar-refractivity contribution in [2.45, 2.75) is 64.0 Å². The first kappa shape index (κ1) is 21.1. The van der Waals surface area contributed by atoms with Gasteiger partial charge in [0.2, 0.25) is 0 Å². The van der Waals surface area contributed by atoms with E-state index in [1.807, 2.05) is 7.05 Å². The van der Waals surface area contributed by atoms with Gasteiger partial charge in [0, 0.05) is 57.4 Å². The van der Waals surface area contributed by atoms with Gasteiger partial charge in [0.15, 0.2) is 5.96 Å². The first-order valence-electron chi connectivity index (χ1n) is 10.9. The molecule has 0 saturated carbocycles. The highest BCUT2D eigenvalue weighted by Gasteiger charge is 2.35. The smallest absolute Gasteiger partial charge is 0.191 e. The molecule has 28 heavy (non-hydrogen) atoms. The summed E-state index contributed by atoms with van der Waals surface area (Å²) in [6, 6.07) is 9.95. The van der Waals surface area contributed by atoms with Gasteiger partial charge in [0.05, 0.1) is 0 Å². The number of guanidine groups is 1. The van der Waals surface area contributed by atoms with E-state index in [0.717, 1.165) is 51.6 Å². The molecule has 5 nitrogen and oxygen atoms in total. The summed E-state index contributed by atoms with van der Waals surface area (Å²) in [5.41, 5.74) is 2.93. The van der Waals surface area contributed by atoms with Crippen LogP contribution in [0.5, 0.6) is 0 Å². The summed E-state index contributed by atoms with van der Waals surface area (Å²) in [5.74, 6) is 0.933. The van der Waals surface area contributed by atoms with Crippen molar-refractivity contribution in [1.82, 2.24) is 15.5 Å². The number of nitrogens with one attached hydrogen (secondary N) is 2. The minimum atomic E-state index is 0.113. The maximum absolute atomic E-state index is 5.69. The SMILES string of the molecule is CN=C(NCC1(c2ccccc2C)CCOCC1)NC1CCN(C(C)C)CC1. The highest BCUT2D eigenvalue weighted by atomic mass is 16.5. The van der Waals surface area contributed by atoms with E-state index < -0.39 is 0 Å². The van der Waals surface area contributed by atoms with Gasteiger partial charge >= 0.3 is 0 Å². The van der Waals surface area contributed by atoms with Crippen LogP contribution in [0, 0.1) is 6.92 Å². The number of aliphatic imine (C=N–C) groups is 1. The molecule has 0 amide bonds. The van der Waals surface area contributed by atoms with Crippen LogP contribution in [0.4, 0.5) is 0 Å². The topological polar surface area (TPSA) is 48.9 Å². The summed E-state index contributed by atoms with van der Waals surface area (Å²) >= 11 is 0. The first-order chi connectivity index (χ1) is 13.5. The van der Waals surface area contributed by atoms with Crippen molar-refractivity contribution in [2.75, 3.05) is 39.9 Å². The Labute approximate surface area is 170 Å². The molecule has 0 unspecified atom stereocenters. The average Bonchev–Trinajstić information content (AvgIpc) is 2.72. The Morgan fingerprint density at radius 3 is 2.50 bits per heavy atom. The van der Waals surface area contributed by atoms with Crippen LogP contribution in [0.2, 0.25) is 0 Å². The molecule has 0 atom stereocenters. The minimum absolute atomic E-state index is 0.113. The molecule has 0 bridgehead atoms. The first-order valence-corrected chi connectivity index (χ1v) is 10.9. The molecule has 156 valence electrons. The van der Waals surface area contributed by atoms with Gasteiger partial charge in [-0.3, -0.25) is 4.99 Å². The standard InChI is InChI=1S/C23H38N4O/c1-18(2)27-13-9-20(10-14-27)26-22(24-4)25-17-23(11-15-28-16-12-23)21-8-6-5-7-19(21)3/h5-8,18,20H,9-17H2,1-4H3,(H2,24,25,26). The van der Waals surface area contributed by atoms with Crippen LogP contribution < -0.4 is 10.6 Å². The van der Waals surface area contributed by atoms with Crippen LogP contribution in [0.3, 0.4) is 0 Å². The number of aryl methyl sites for hydroxylation is 1. The molecule has 1 aromatic rings. The van der Waals surface area contributed by atoms with Crippen molar-refractivity contribution in [2.24, 2.45) is 4.99 Å². The third-order valence-corrected chi connectivity index (χ3v) is 6.58. The molecule has 1 aromatic carbocycles. The van der Waals surface area contributed by atoms with Crippen LogP contribution in [0.1, 0.15) is 50.7 Å². The zero-order valence-corrected chi connectivity index (χ0v) is 18.1. The van der Waals surface area contributed by atoms with E-state index in [1.165, 1.54) is 24.0 Å². The second kappa shape index (κ2) is 9.75. The number of hydrogen-bond acceptors (Lipinski definition) is 3. The van der Waals surface area contributed by atoms with E-state index in [-0.39, 0.29) is 5.41 Å². The van der Waals surface area contributed by atoms with Gasteiger partial charge in [-0.25, -0.2) is 0 Å². The van der Waals surface area contributed by atoms with Crippen molar-refractivity contribution >= 4 is 5.96 Å². The number of rotatable bonds is 5. The van der Waals surface area contributed by atoms with Gasteiger partial charge in [0.1, 0.15) is 0 Å². The molecular weight excluding hydrogens is 348 g/mol. The fourth-order valence-corrected chi connectivity index (χ4v) is 4.67. The molecule has 5 heteroatoms. The summed E-state index contributed by atoms with van der Waals surface area (Å²) in [4.78, 5) is 7.08. The minimum Gasteiger partial charge on any atom is -0.381 e. The Bertz CT molecular complexity index is 644. The van der Waals surface area contributed by atoms with Gasteiger partial charge in [-0.1, -0.05) is 24.3 Å². The predicted molar refractivity (Wildman–Crippen MR) is 117 cm³/mol. The van der Waals surface area contributed by atoms with Crippen molar-refractivity contribution < 1.29 is 4.74 Å². The molecule has 2 aliphatic heterocycles. The van der Waals surface area contributed by atoms with Crippen molar-refractivity contribution in [3.63, 3.8) is 0 Å². The largest absolute Gasteiger partial charge is 0.381 e. The van der Waals surface area contributed by atoms with Gasteiger partial charge < -0.3 is 20.3 Å². The lowest BCUT2D eigenvalue weighted by Gasteiger charge is -2.40. The summed E-state index contributed by atoms with van der Waals surface area (Å²) < 4.78 is 5.69. The quantitative estimate of drug-likeness (QED) is 0.603. The van der Waals surface area contributed by atoms with Crippen molar-refractivity contribution in [1.29, 1.82) is 0 Å². The fourth-order valence-electron chi connectivity index (χ4n) is 4.67. The Morgan fingerprint density at radius 2 is 1.89 bits per heavy atom. The molecule has 0 aromatic heterocycles. The maximum atomic E-state index is 5.69. The Kier molecular flexibility index (Phi) is 7.36. The second-order valence-electron chi connectivity index (χ2n) is 8.68. The third-order valence-electron chi connectivity index (χ3n) is 6.58. The predicted octanol–water partition coefficient (Wildman–Crippen LogP) is 3.08. The van der Waals surface area contributed by atoms with Crippen LogP contribution in [-0.4, -0.2) is 62.8 Å². The lowest BCUT2D eigenvalue weighted by atomic mass is 9.72. The van der Waals surface area contributed by atoms with E-state index in [2.05, 4.69) is 65.6 Å². The van der Waals surface area contributed by atoms with E-state index in [1.54, 1.807) is 0 Å². The van der Waals surface area contributed by atoms with E-state index in [4.69, 9.17) is 4.74 Å². The van der Waals surface area contributed by atoms with Gasteiger partial charge in [0.25, 0.3) is 0 Å². The lowest BCUT2D eigenvalue weighted by molar-refractivity contribution is 0.0511. The molecule has 0 radical (unpaired) electrons. The fraction of sp³-hybridized carbons (Fsp3) is 0.696. The number of nitrogens with zero attached hydrogens (tertiary/aromatic N) is 2. The van der Waals surface area contributed by atoms with Gasteiger partial charge in [-0.2, -0.15) is 0 Å². The number of ether oxygens (including phenoxy) is 1. The van der Waals surface area contributed by atoms with Gasteiger partial charge in [-0.05, 0) is 57.6 Å². The van der Waals surface area contributed by atoms with E-state index >= 15 is 0 Å². The van der Waals surface area contributed by atoms with Gasteiger partial charge in [-0.15, -0.1) is 0 Å². The Morgan fingerprint density at radius 1 is 1.21 bits per heavy atom. The molecule has 0 spiro atoms. The third kappa shape index (κ3) is 5.06. The molecular formula is C23H38N4O. The lowest BCUT2D eigenvalue weighted by Crippen LogP contribution is -2.52. The maximum Gasteiger partial charge on any atom is 0.191 e. The molecule has 3 rings (SSSR count). The molecule has 2 aliphatic rings. The van der Waals surface area contributed by atoms with Crippen molar-refractivity contribution in [3.8, 4) is 0 Å². The number of likely N-dealkylation sites (tertiary alicyclic amines) is 1. The van der Waals surface area contributed by atoms with E-state index in [9.17, 15) is 0 Å². The Hall–Kier alpha value is -1.59. The zero-order chi connectivity index (χ0) is 20.0. The zero-order valence-electron chi connectivity index (χ0n) is 18.1. The molecule has 2 N–H and O–H groups in total. The normalized spacial score (nSPS) is 21.7. The highest BCUT2D eigenvalue weighted by Crippen LogP contribution is 2.36. The number of benzene rings is 1. The van der Waals surface area contributed by atoms with Crippen LogP contribution in [0.15, 0.2) is 29.3 Å². The molecule has 2 heterocycles. The highest BCUT2D eigenvalue weighted by molar-refractivity contribution is 5.80. The molecule has 0 aliphatic carbocycles. The van der Waals surface area contributed by atoms with Crippen LogP contribution in [-0.2, 0) is 10.2 Å². The van der Waals surface area contributed by atoms with Crippen LogP contribution in [0.25, 0.3) is 0 Å². The molecule has 2 fully saturated rings. The summed E-state index contributed by atoms with van der Waals surface area (Å²) in [6.07, 6.45) is 4.45. The monoisotopic (exact) mass is 386 g/mol. The second-order valence-corrected chi connectivity index (χ2v) is 8.68. The van der Waals surface area contributed by atoms with Crippen LogP contribution >= 0.6 is 0 Å². The summed E-state index contributed by atoms with van der Waals surface area (Å²) in [6.45, 7) is 11.7. The number of piperidine rings is 1. The summed E-state index contributed by atoms with van der Waals surface area (Å²) in [5, 5.41) is 7.33. The average molecular weight is 387 g/mol.